The standard InChI is InChI=1S/C40H52N8O4S.C34H42N6O3S.2C6H11ClN2O.C5H12N2/c1-7-47-33-13-12-26-20-28(33)29(36(47)27-10-8-14-41-35(27)25(2)3)22-40(4,5)24-52-38(50)30-11-9-15-48(44-30)37(49)31(21-34-42-32(26)23-53-34)43-39(51)46-18-16-45(6)17-19-46;1-6-39-28-12-11-21-15-23(28)24(31(39)22-9-7-13-36-30(22)20(2)3)17-34(4,5)19-43-33(42)26-10-8-14-40(38-26)32(41)25(35)16-29-37-27(21)18-44-29;2*1-8-2-4-9(5-3-8)6(7)10;1-7-4-2-6-3-5-7/h8,10,12-14,20,23,25,30-31,44H,7,9,11,15-19,21-22,24H2,1-6H3,(H,43,51);7,9,11-13,15,18,20,25-26,38H,6,8,10,14,16-17,19,35H2,1-5H3;2*2-5H2,1H3;6H,2-5H2,1H3/t30-,31-;25-,26-;;;/m00.../s1. The zero-order valence-corrected chi connectivity index (χ0v) is 77.9. The molecule has 14 heterocycles. The third kappa shape index (κ3) is 23.8. The van der Waals surface area contributed by atoms with Gasteiger partial charge in [-0.2, -0.15) is 0 Å². The molecule has 6 N–H and O–H groups in total. The summed E-state index contributed by atoms with van der Waals surface area (Å²) in [6.45, 7) is 38.8. The van der Waals surface area contributed by atoms with Crippen LogP contribution >= 0.6 is 45.9 Å². The highest BCUT2D eigenvalue weighted by atomic mass is 35.5. The minimum atomic E-state index is -0.869. The number of carbonyl (C=O) groups is 7. The molecule has 6 saturated heterocycles. The number of nitrogens with one attached hydrogen (secondary N) is 4. The quantitative estimate of drug-likeness (QED) is 0.0562. The van der Waals surface area contributed by atoms with E-state index in [0.717, 1.165) is 174 Å². The molecule has 0 unspecified atom stereocenters. The number of likely N-dealkylation sites (N-methyl/N-ethyl adjacent to an activating group) is 4. The van der Waals surface area contributed by atoms with Crippen molar-refractivity contribution in [3.05, 3.63) is 116 Å². The number of pyridine rings is 2. The molecule has 0 saturated carbocycles. The molecule has 8 aliphatic rings. The fourth-order valence-corrected chi connectivity index (χ4v) is 19.1. The Balaban J connectivity index is 0.000000174. The average Bonchev–Trinajstić information content (AvgIpc) is 1.59. The number of nitrogens with two attached hydrogens (primary N) is 1. The molecular formula is C91H128Cl2N20O9S2. The smallest absolute Gasteiger partial charge is 0.324 e. The van der Waals surface area contributed by atoms with Crippen LogP contribution < -0.4 is 27.2 Å². The molecule has 6 amide bonds. The van der Waals surface area contributed by atoms with E-state index in [1.54, 1.807) is 14.7 Å². The lowest BCUT2D eigenvalue weighted by atomic mass is 9.84. The number of carbonyl (C=O) groups excluding carboxylic acids is 7. The van der Waals surface area contributed by atoms with Crippen LogP contribution in [0.25, 0.3) is 66.8 Å². The lowest BCUT2D eigenvalue weighted by molar-refractivity contribution is -0.156. The normalized spacial score (nSPS) is 21.5. The highest BCUT2D eigenvalue weighted by Crippen LogP contribution is 2.45. The second kappa shape index (κ2) is 42.8. The van der Waals surface area contributed by atoms with Gasteiger partial charge in [-0.1, -0.05) is 67.5 Å². The number of nitrogens with zero attached hydrogens (tertiary/aromatic N) is 15. The number of benzene rings is 2. The number of hydrogen-bond acceptors (Lipinski definition) is 23. The van der Waals surface area contributed by atoms with E-state index in [-0.39, 0.29) is 77.4 Å². The van der Waals surface area contributed by atoms with Crippen LogP contribution in [0.2, 0.25) is 0 Å². The van der Waals surface area contributed by atoms with Crippen molar-refractivity contribution in [3.8, 4) is 45.0 Å². The number of rotatable bonds is 7. The van der Waals surface area contributed by atoms with Crippen LogP contribution in [0.4, 0.5) is 14.4 Å². The van der Waals surface area contributed by atoms with Crippen molar-refractivity contribution in [3.63, 3.8) is 0 Å². The molecule has 124 heavy (non-hydrogen) atoms. The number of esters is 2. The van der Waals surface area contributed by atoms with Crippen LogP contribution in [0.15, 0.2) is 83.8 Å². The molecule has 8 aliphatic heterocycles. The zero-order valence-electron chi connectivity index (χ0n) is 74.8. The molecule has 672 valence electrons. The third-order valence-electron chi connectivity index (χ3n) is 24.3. The first-order chi connectivity index (χ1) is 59.3. The van der Waals surface area contributed by atoms with E-state index in [9.17, 15) is 33.6 Å². The molecule has 0 radical (unpaired) electrons. The number of piperazine rings is 4. The van der Waals surface area contributed by atoms with Crippen molar-refractivity contribution in [1.29, 1.82) is 0 Å². The molecule has 33 heteroatoms. The van der Waals surface area contributed by atoms with Crippen molar-refractivity contribution in [1.82, 2.24) is 94.9 Å². The Kier molecular flexibility index (Phi) is 32.7. The number of halogens is 2. The van der Waals surface area contributed by atoms with Crippen molar-refractivity contribution < 1.29 is 43.0 Å². The van der Waals surface area contributed by atoms with Gasteiger partial charge in [-0.05, 0) is 175 Å². The summed E-state index contributed by atoms with van der Waals surface area (Å²) in [5, 5.41) is 16.6. The van der Waals surface area contributed by atoms with Gasteiger partial charge in [0, 0.05) is 222 Å². The number of fused-ring (bicyclic) bond motifs is 12. The maximum Gasteiger partial charge on any atom is 0.324 e. The summed E-state index contributed by atoms with van der Waals surface area (Å²) < 4.78 is 16.8. The van der Waals surface area contributed by atoms with E-state index in [1.807, 2.05) is 56.4 Å². The Morgan fingerprint density at radius 1 is 0.548 bits per heavy atom. The lowest BCUT2D eigenvalue weighted by Gasteiger charge is -2.37. The van der Waals surface area contributed by atoms with Crippen LogP contribution in [0, 0.1) is 10.8 Å². The molecule has 6 aromatic heterocycles. The SMILES string of the molecule is CCn1c(-c2cccnc2C(C)C)c2c3cc(ccc31)-c1csc(n1)C[C@H](N)C(=O)N1CCC[C@H](N1)C(=O)OCC(C)(C)C2.CCn1c(-c2cccnc2C(C)C)c2c3cc(ccc31)-c1csc(n1)C[C@H](NC(=O)N1CCN(C)CC1)C(=O)N1CCC[C@H](N1)C(=O)OCC(C)(C)C2.CN1CCN(C(=O)Cl)CC1.CN1CCN(C(=O)Cl)CC1.CN1CCNCC1. The van der Waals surface area contributed by atoms with Crippen LogP contribution in [0.5, 0.6) is 0 Å². The van der Waals surface area contributed by atoms with E-state index < -0.39 is 29.6 Å². The highest BCUT2D eigenvalue weighted by Gasteiger charge is 2.39. The summed E-state index contributed by atoms with van der Waals surface area (Å²) in [6, 6.07) is 18.3. The minimum absolute atomic E-state index is 0.207. The van der Waals surface area contributed by atoms with E-state index >= 15 is 0 Å². The second-order valence-corrected chi connectivity index (χ2v) is 38.5. The molecular weight excluding hydrogens is 1650 g/mol. The van der Waals surface area contributed by atoms with Gasteiger partial charge in [-0.3, -0.25) is 48.8 Å². The van der Waals surface area contributed by atoms with Crippen LogP contribution in [-0.4, -0.2) is 297 Å². The van der Waals surface area contributed by atoms with Gasteiger partial charge >= 0.3 is 28.7 Å². The number of hydrazine groups is 2. The van der Waals surface area contributed by atoms with Gasteiger partial charge < -0.3 is 69.3 Å². The molecule has 0 spiro atoms. The van der Waals surface area contributed by atoms with E-state index in [4.69, 9.17) is 58.3 Å². The average molecular weight is 1780 g/mol. The molecule has 16 rings (SSSR count). The highest BCUT2D eigenvalue weighted by molar-refractivity contribution is 7.10. The molecule has 29 nitrogen and oxygen atoms in total. The van der Waals surface area contributed by atoms with Crippen molar-refractivity contribution >= 4 is 108 Å². The molecule has 4 atom stereocenters. The predicted molar refractivity (Wildman–Crippen MR) is 492 cm³/mol. The minimum Gasteiger partial charge on any atom is -0.464 e. The van der Waals surface area contributed by atoms with Crippen LogP contribution in [-0.2, 0) is 67.4 Å². The lowest BCUT2D eigenvalue weighted by Crippen LogP contribution is -2.62. The van der Waals surface area contributed by atoms with Gasteiger partial charge in [0.2, 0.25) is 0 Å². The van der Waals surface area contributed by atoms with Crippen LogP contribution in [0.3, 0.4) is 0 Å². The number of thiazole rings is 2. The van der Waals surface area contributed by atoms with E-state index in [2.05, 4.69) is 175 Å². The maximum atomic E-state index is 14.2. The summed E-state index contributed by atoms with van der Waals surface area (Å²) in [4.78, 5) is 123. The van der Waals surface area contributed by atoms with Gasteiger partial charge in [-0.15, -0.1) is 22.7 Å². The topological polar surface area (TPSA) is 303 Å². The van der Waals surface area contributed by atoms with Crippen LogP contribution in [0.1, 0.15) is 139 Å². The van der Waals surface area contributed by atoms with Gasteiger partial charge in [0.25, 0.3) is 11.8 Å². The summed E-state index contributed by atoms with van der Waals surface area (Å²) in [5.41, 5.74) is 26.9. The number of urea groups is 1. The summed E-state index contributed by atoms with van der Waals surface area (Å²) in [5.74, 6) is -0.784. The second-order valence-electron chi connectivity index (χ2n) is 36.0. The molecule has 8 aromatic rings. The fraction of sp³-hybridized carbons (Fsp3) is 0.571. The van der Waals surface area contributed by atoms with Crippen molar-refractivity contribution in [2.24, 2.45) is 16.6 Å². The van der Waals surface area contributed by atoms with Crippen molar-refractivity contribution in [2.45, 2.75) is 170 Å². The predicted octanol–water partition coefficient (Wildman–Crippen LogP) is 11.6. The number of aromatic nitrogens is 6. The summed E-state index contributed by atoms with van der Waals surface area (Å²) in [6.07, 6.45) is 8.12. The van der Waals surface area contributed by atoms with Gasteiger partial charge in [-0.25, -0.2) is 25.6 Å². The summed E-state index contributed by atoms with van der Waals surface area (Å²) >= 11 is 13.6. The number of amides is 6. The molecule has 2 aromatic carbocycles. The van der Waals surface area contributed by atoms with Gasteiger partial charge in [0.05, 0.1) is 63.4 Å². The molecule has 0 aliphatic carbocycles. The van der Waals surface area contributed by atoms with E-state index in [0.29, 0.717) is 71.1 Å². The number of cyclic esters (lactones) is 2. The Morgan fingerprint density at radius 2 is 0.952 bits per heavy atom. The van der Waals surface area contributed by atoms with E-state index in [1.165, 1.54) is 62.6 Å². The maximum absolute atomic E-state index is 14.2. The largest absolute Gasteiger partial charge is 0.464 e. The fourth-order valence-electron chi connectivity index (χ4n) is 17.1. The zero-order chi connectivity index (χ0) is 88.8. The molecule has 6 fully saturated rings. The van der Waals surface area contributed by atoms with Gasteiger partial charge in [0.15, 0.2) is 0 Å². The monoisotopic (exact) mass is 1780 g/mol. The molecule has 12 bridgehead atoms. The Hall–Kier alpha value is -8.57. The Morgan fingerprint density at radius 3 is 1.35 bits per heavy atom. The first kappa shape index (κ1) is 94.6. The van der Waals surface area contributed by atoms with Gasteiger partial charge in [0.1, 0.15) is 18.1 Å². The first-order valence-electron chi connectivity index (χ1n) is 44.0. The Labute approximate surface area is 748 Å². The third-order valence-corrected chi connectivity index (χ3v) is 26.5. The summed E-state index contributed by atoms with van der Waals surface area (Å²) in [7, 11) is 8.27. The number of aryl methyl sites for hydroxylation is 2. The number of hydrogen-bond donors (Lipinski definition) is 5. The van der Waals surface area contributed by atoms with Crippen molar-refractivity contribution in [2.75, 3.05) is 159 Å². The Bertz CT molecular complexity index is 4990. The first-order valence-corrected chi connectivity index (χ1v) is 46.5. The number of ether oxygens (including phenoxy) is 2.